The number of para-hydroxylation sites is 1. The minimum Gasteiger partial charge on any atom is -0.548 e. The normalized spacial score (nSPS) is 12.7. The van der Waals surface area contributed by atoms with Crippen molar-refractivity contribution in [2.75, 3.05) is 0 Å². The summed E-state index contributed by atoms with van der Waals surface area (Å²) in [5.74, 6) is -1.52. The number of nitrogens with zero attached hydrogens (tertiary/aromatic N) is 2. The average Bonchev–Trinajstić information content (AvgIpc) is 2.71. The molecule has 2 aromatic rings. The second-order valence-corrected chi connectivity index (χ2v) is 5.69. The van der Waals surface area contributed by atoms with Crippen LogP contribution in [0.1, 0.15) is 17.8 Å². The van der Waals surface area contributed by atoms with Gasteiger partial charge in [-0.1, -0.05) is 29.5 Å². The van der Waals surface area contributed by atoms with E-state index >= 15 is 0 Å². The molecule has 0 saturated heterocycles. The predicted molar refractivity (Wildman–Crippen MR) is 78.2 cm³/mol. The second kappa shape index (κ2) is 5.98. The van der Waals surface area contributed by atoms with Crippen LogP contribution in [0.25, 0.3) is 0 Å². The highest BCUT2D eigenvalue weighted by Gasteiger charge is 2.16. The number of rotatable bonds is 4. The first-order chi connectivity index (χ1) is 9.50. The van der Waals surface area contributed by atoms with Gasteiger partial charge >= 0.3 is 0 Å². The van der Waals surface area contributed by atoms with Crippen LogP contribution in [-0.4, -0.2) is 21.9 Å². The van der Waals surface area contributed by atoms with Crippen LogP contribution in [0, 0.1) is 3.95 Å². The molecule has 104 valence electrons. The summed E-state index contributed by atoms with van der Waals surface area (Å²) in [6.07, 6.45) is 1.46. The van der Waals surface area contributed by atoms with Gasteiger partial charge in [0.25, 0.3) is 0 Å². The number of aromatic nitrogens is 1. The fourth-order valence-corrected chi connectivity index (χ4v) is 2.91. The van der Waals surface area contributed by atoms with Crippen LogP contribution in [0.15, 0.2) is 35.3 Å². The number of carboxylic acids is 1. The highest BCUT2D eigenvalue weighted by atomic mass is 32.1. The number of hydrogen-bond acceptors (Lipinski definition) is 6. The van der Waals surface area contributed by atoms with E-state index in [0.29, 0.717) is 4.88 Å². The average molecular weight is 307 g/mol. The van der Waals surface area contributed by atoms with E-state index < -0.39 is 12.0 Å². The standard InChI is InChI=1S/C13H12N2O3S2/c1-8(12(17)18)15-11(16)10(20-13(15)19)7-14-9-5-3-2-4-6-9/h2-8,16H,1H3,(H,17,18)/p-1/t8-/m1/s1. The summed E-state index contributed by atoms with van der Waals surface area (Å²) >= 11 is 6.15. The molecular formula is C13H11N2O3S2-. The summed E-state index contributed by atoms with van der Waals surface area (Å²) in [6.45, 7) is 1.40. The van der Waals surface area contributed by atoms with E-state index in [4.69, 9.17) is 12.2 Å². The molecule has 0 amide bonds. The van der Waals surface area contributed by atoms with Crippen molar-refractivity contribution in [2.24, 2.45) is 4.99 Å². The topological polar surface area (TPSA) is 77.6 Å². The van der Waals surface area contributed by atoms with E-state index in [1.54, 1.807) is 0 Å². The highest BCUT2D eigenvalue weighted by Crippen LogP contribution is 2.28. The van der Waals surface area contributed by atoms with Gasteiger partial charge in [0.05, 0.1) is 23.9 Å². The Morgan fingerprint density at radius 1 is 1.50 bits per heavy atom. The molecule has 1 aromatic heterocycles. The Kier molecular flexibility index (Phi) is 4.31. The first-order valence-electron chi connectivity index (χ1n) is 5.75. The zero-order valence-corrected chi connectivity index (χ0v) is 12.1. The number of hydrogen-bond donors (Lipinski definition) is 1. The van der Waals surface area contributed by atoms with Gasteiger partial charge in [-0.2, -0.15) is 0 Å². The van der Waals surface area contributed by atoms with Gasteiger partial charge in [0.15, 0.2) is 3.95 Å². The maximum absolute atomic E-state index is 10.9. The smallest absolute Gasteiger partial charge is 0.212 e. The number of carbonyl (C=O) groups excluding carboxylic acids is 1. The number of benzene rings is 1. The minimum absolute atomic E-state index is 0.212. The van der Waals surface area contributed by atoms with Crippen molar-refractivity contribution in [3.8, 4) is 5.88 Å². The first kappa shape index (κ1) is 14.4. The molecule has 1 atom stereocenters. The quantitative estimate of drug-likeness (QED) is 0.692. The number of thiazole rings is 1. The van der Waals surface area contributed by atoms with Gasteiger partial charge in [0.2, 0.25) is 5.88 Å². The number of carboxylic acid groups (broad SMARTS) is 1. The number of aliphatic carboxylic acids is 1. The van der Waals surface area contributed by atoms with E-state index in [-0.39, 0.29) is 9.83 Å². The van der Waals surface area contributed by atoms with Crippen LogP contribution in [-0.2, 0) is 4.79 Å². The molecule has 0 bridgehead atoms. The Labute approximate surface area is 124 Å². The number of aromatic hydroxyl groups is 1. The molecule has 0 aliphatic rings. The zero-order valence-electron chi connectivity index (χ0n) is 10.5. The Morgan fingerprint density at radius 3 is 2.75 bits per heavy atom. The molecular weight excluding hydrogens is 296 g/mol. The molecule has 5 nitrogen and oxygen atoms in total. The summed E-state index contributed by atoms with van der Waals surface area (Å²) in [7, 11) is 0. The number of aliphatic imine (C=N–C) groups is 1. The summed E-state index contributed by atoms with van der Waals surface area (Å²) in [4.78, 5) is 15.5. The molecule has 0 aliphatic heterocycles. The van der Waals surface area contributed by atoms with Crippen molar-refractivity contribution >= 4 is 41.4 Å². The van der Waals surface area contributed by atoms with E-state index in [2.05, 4.69) is 4.99 Å². The summed E-state index contributed by atoms with van der Waals surface area (Å²) in [5.41, 5.74) is 0.728. The third-order valence-corrected chi connectivity index (χ3v) is 3.98. The van der Waals surface area contributed by atoms with Gasteiger partial charge in [-0.25, -0.2) is 0 Å². The molecule has 0 radical (unpaired) electrons. The van der Waals surface area contributed by atoms with Crippen LogP contribution in [0.5, 0.6) is 5.88 Å². The van der Waals surface area contributed by atoms with Gasteiger partial charge in [0, 0.05) is 0 Å². The Bertz CT molecular complexity index is 704. The lowest BCUT2D eigenvalue weighted by atomic mass is 10.3. The van der Waals surface area contributed by atoms with Crippen LogP contribution in [0.2, 0.25) is 0 Å². The van der Waals surface area contributed by atoms with Gasteiger partial charge < -0.3 is 15.0 Å². The van der Waals surface area contributed by atoms with Crippen LogP contribution < -0.4 is 5.11 Å². The molecule has 0 fully saturated rings. The van der Waals surface area contributed by atoms with E-state index in [0.717, 1.165) is 21.6 Å². The fourth-order valence-electron chi connectivity index (χ4n) is 1.57. The largest absolute Gasteiger partial charge is 0.548 e. The Hall–Kier alpha value is -1.99. The van der Waals surface area contributed by atoms with Crippen molar-refractivity contribution < 1.29 is 15.0 Å². The molecule has 1 heterocycles. The first-order valence-corrected chi connectivity index (χ1v) is 6.97. The molecule has 2 rings (SSSR count). The van der Waals surface area contributed by atoms with Crippen LogP contribution in [0.3, 0.4) is 0 Å². The lowest BCUT2D eigenvalue weighted by Crippen LogP contribution is -2.31. The molecule has 0 saturated carbocycles. The van der Waals surface area contributed by atoms with Gasteiger partial charge in [-0.05, 0) is 31.3 Å². The molecule has 0 spiro atoms. The van der Waals surface area contributed by atoms with E-state index in [1.807, 2.05) is 30.3 Å². The summed E-state index contributed by atoms with van der Waals surface area (Å²) in [6, 6.07) is 8.16. The van der Waals surface area contributed by atoms with Crippen LogP contribution in [0.4, 0.5) is 5.69 Å². The highest BCUT2D eigenvalue weighted by molar-refractivity contribution is 7.73. The van der Waals surface area contributed by atoms with Crippen molar-refractivity contribution in [3.05, 3.63) is 39.2 Å². The Balaban J connectivity index is 2.36. The Morgan fingerprint density at radius 2 is 2.15 bits per heavy atom. The predicted octanol–water partition coefficient (Wildman–Crippen LogP) is 2.05. The molecule has 7 heteroatoms. The maximum Gasteiger partial charge on any atom is 0.212 e. The molecule has 0 aliphatic carbocycles. The van der Waals surface area contributed by atoms with Gasteiger partial charge in [-0.15, -0.1) is 0 Å². The zero-order chi connectivity index (χ0) is 14.7. The maximum atomic E-state index is 10.9. The molecule has 1 N–H and O–H groups in total. The molecule has 20 heavy (non-hydrogen) atoms. The lowest BCUT2D eigenvalue weighted by Gasteiger charge is -2.14. The second-order valence-electron chi connectivity index (χ2n) is 4.01. The van der Waals surface area contributed by atoms with Crippen LogP contribution >= 0.6 is 23.6 Å². The lowest BCUT2D eigenvalue weighted by molar-refractivity contribution is -0.309. The van der Waals surface area contributed by atoms with E-state index in [1.165, 1.54) is 13.1 Å². The SMILES string of the molecule is C[C@H](C(=O)[O-])n1c(O)c(C=Nc2ccccc2)sc1=S. The van der Waals surface area contributed by atoms with Crippen molar-refractivity contribution in [1.82, 2.24) is 4.57 Å². The third-order valence-electron chi connectivity index (χ3n) is 2.66. The fraction of sp³-hybridized carbons (Fsp3) is 0.154. The van der Waals surface area contributed by atoms with Crippen molar-refractivity contribution in [3.63, 3.8) is 0 Å². The van der Waals surface area contributed by atoms with Crippen molar-refractivity contribution in [1.29, 1.82) is 0 Å². The van der Waals surface area contributed by atoms with Gasteiger partial charge in [-0.3, -0.25) is 9.56 Å². The number of carbonyl (C=O) groups is 1. The molecule has 1 aromatic carbocycles. The third kappa shape index (κ3) is 2.94. The molecule has 0 unspecified atom stereocenters. The summed E-state index contributed by atoms with van der Waals surface area (Å²) < 4.78 is 1.40. The monoisotopic (exact) mass is 307 g/mol. The van der Waals surface area contributed by atoms with Crippen molar-refractivity contribution in [2.45, 2.75) is 13.0 Å². The minimum atomic E-state index is -1.30. The summed E-state index contributed by atoms with van der Waals surface area (Å²) in [5, 5.41) is 20.9. The van der Waals surface area contributed by atoms with Gasteiger partial charge in [0.1, 0.15) is 4.88 Å². The van der Waals surface area contributed by atoms with E-state index in [9.17, 15) is 15.0 Å².